The molecule has 1 aromatic carbocycles. The zero-order chi connectivity index (χ0) is 14.8. The number of anilines is 1. The molecule has 3 heterocycles. The summed E-state index contributed by atoms with van der Waals surface area (Å²) >= 11 is 0. The first-order valence-corrected chi connectivity index (χ1v) is 7.97. The van der Waals surface area contributed by atoms with Gasteiger partial charge in [-0.05, 0) is 30.0 Å². The molecule has 3 aliphatic heterocycles. The zero-order valence-electron chi connectivity index (χ0n) is 13.4. The van der Waals surface area contributed by atoms with E-state index in [-0.39, 0.29) is 5.54 Å². The predicted molar refractivity (Wildman–Crippen MR) is 87.3 cm³/mol. The molecule has 0 amide bonds. The lowest BCUT2D eigenvalue weighted by molar-refractivity contribution is -0.863. The molecule has 0 radical (unpaired) electrons. The van der Waals surface area contributed by atoms with Gasteiger partial charge in [0, 0.05) is 0 Å². The van der Waals surface area contributed by atoms with E-state index in [0.717, 1.165) is 17.3 Å². The Bertz CT molecular complexity index is 665. The van der Waals surface area contributed by atoms with E-state index >= 15 is 0 Å². The Hall–Kier alpha value is -1.58. The quantitative estimate of drug-likeness (QED) is 0.837. The van der Waals surface area contributed by atoms with Crippen molar-refractivity contribution in [3.05, 3.63) is 47.3 Å². The number of rotatable bonds is 2. The molecule has 110 valence electrons. The van der Waals surface area contributed by atoms with Crippen LogP contribution in [0.25, 0.3) is 6.08 Å². The minimum atomic E-state index is 0.0799. The molecule has 0 bridgehead atoms. The Morgan fingerprint density at radius 3 is 2.67 bits per heavy atom. The Morgan fingerprint density at radius 2 is 1.95 bits per heavy atom. The second kappa shape index (κ2) is 3.99. The van der Waals surface area contributed by atoms with Gasteiger partial charge in [0.05, 0.1) is 25.3 Å². The van der Waals surface area contributed by atoms with Gasteiger partial charge in [-0.15, -0.1) is 0 Å². The van der Waals surface area contributed by atoms with Crippen molar-refractivity contribution >= 4 is 11.8 Å². The molecule has 0 spiro atoms. The molecule has 0 fully saturated rings. The second-order valence-electron chi connectivity index (χ2n) is 6.94. The van der Waals surface area contributed by atoms with Gasteiger partial charge in [-0.3, -0.25) is 9.38 Å². The van der Waals surface area contributed by atoms with E-state index in [4.69, 9.17) is 0 Å². The number of benzene rings is 1. The standard InChI is InChI=1S/C18H24N3/c1-5-18(6-2)15-9-7-8-13-10-11-14-12-21(3,4)17(19-18)20(14)16(13)15/h7-12,17,19H,5-6H2,1-4H3/q+1. The fourth-order valence-electron chi connectivity index (χ4n) is 4.20. The summed E-state index contributed by atoms with van der Waals surface area (Å²) in [4.78, 5) is 2.49. The van der Waals surface area contributed by atoms with Crippen LogP contribution in [-0.2, 0) is 5.54 Å². The summed E-state index contributed by atoms with van der Waals surface area (Å²) in [7, 11) is 4.56. The minimum Gasteiger partial charge on any atom is -0.272 e. The van der Waals surface area contributed by atoms with Crippen LogP contribution in [0.4, 0.5) is 5.69 Å². The summed E-state index contributed by atoms with van der Waals surface area (Å²) in [5.74, 6) is 0. The normalized spacial score (nSPS) is 26.6. The molecule has 1 atom stereocenters. The largest absolute Gasteiger partial charge is 0.272 e. The summed E-state index contributed by atoms with van der Waals surface area (Å²) < 4.78 is 0.856. The van der Waals surface area contributed by atoms with Gasteiger partial charge in [0.15, 0.2) is 0 Å². The van der Waals surface area contributed by atoms with E-state index in [1.807, 2.05) is 0 Å². The van der Waals surface area contributed by atoms with Crippen molar-refractivity contribution in [2.45, 2.75) is 38.5 Å². The highest BCUT2D eigenvalue weighted by Gasteiger charge is 2.52. The van der Waals surface area contributed by atoms with E-state index < -0.39 is 0 Å². The van der Waals surface area contributed by atoms with E-state index in [0.29, 0.717) is 6.29 Å². The average Bonchev–Trinajstić information content (AvgIpc) is 2.76. The number of para-hydroxylation sites is 1. The van der Waals surface area contributed by atoms with Gasteiger partial charge in [0.25, 0.3) is 0 Å². The molecule has 0 aliphatic carbocycles. The minimum absolute atomic E-state index is 0.0799. The molecule has 0 saturated heterocycles. The van der Waals surface area contributed by atoms with E-state index in [1.165, 1.54) is 22.5 Å². The lowest BCUT2D eigenvalue weighted by Crippen LogP contribution is -2.66. The lowest BCUT2D eigenvalue weighted by atomic mass is 9.80. The Labute approximate surface area is 127 Å². The highest BCUT2D eigenvalue weighted by molar-refractivity contribution is 5.81. The highest BCUT2D eigenvalue weighted by atomic mass is 15.6. The molecule has 0 saturated carbocycles. The first kappa shape index (κ1) is 13.1. The van der Waals surface area contributed by atoms with Crippen LogP contribution < -0.4 is 10.2 Å². The molecule has 4 rings (SSSR count). The molecular formula is C18H24N3+. The third-order valence-corrected chi connectivity index (χ3v) is 5.49. The second-order valence-corrected chi connectivity index (χ2v) is 6.94. The van der Waals surface area contributed by atoms with Gasteiger partial charge in [0.1, 0.15) is 11.9 Å². The van der Waals surface area contributed by atoms with Gasteiger partial charge in [0.2, 0.25) is 6.29 Å². The van der Waals surface area contributed by atoms with Crippen molar-refractivity contribution in [1.29, 1.82) is 0 Å². The van der Waals surface area contributed by atoms with Crippen LogP contribution in [0.5, 0.6) is 0 Å². The molecule has 1 N–H and O–H groups in total. The van der Waals surface area contributed by atoms with Crippen LogP contribution in [0.1, 0.15) is 37.8 Å². The van der Waals surface area contributed by atoms with Crippen LogP contribution in [0.3, 0.4) is 0 Å². The maximum Gasteiger partial charge on any atom is 0.232 e. The van der Waals surface area contributed by atoms with Crippen molar-refractivity contribution in [1.82, 2.24) is 5.32 Å². The van der Waals surface area contributed by atoms with Crippen LogP contribution in [0, 0.1) is 0 Å². The van der Waals surface area contributed by atoms with Crippen LogP contribution in [-0.4, -0.2) is 24.9 Å². The summed E-state index contributed by atoms with van der Waals surface area (Å²) in [6, 6.07) is 6.75. The Balaban J connectivity index is 2.03. The molecule has 1 aromatic rings. The monoisotopic (exact) mass is 282 g/mol. The molecule has 3 aliphatic rings. The summed E-state index contributed by atoms with van der Waals surface area (Å²) in [5, 5.41) is 3.98. The lowest BCUT2D eigenvalue weighted by Gasteiger charge is -2.50. The number of nitrogens with zero attached hydrogens (tertiary/aromatic N) is 2. The Kier molecular flexibility index (Phi) is 2.49. The molecule has 0 aromatic heterocycles. The predicted octanol–water partition coefficient (Wildman–Crippen LogP) is 3.35. The van der Waals surface area contributed by atoms with Gasteiger partial charge in [-0.1, -0.05) is 38.1 Å². The summed E-state index contributed by atoms with van der Waals surface area (Å²) in [6.07, 6.45) is 9.39. The first-order valence-electron chi connectivity index (χ1n) is 7.97. The van der Waals surface area contributed by atoms with E-state index in [1.54, 1.807) is 0 Å². The fraction of sp³-hybridized carbons (Fsp3) is 0.444. The van der Waals surface area contributed by atoms with E-state index in [2.05, 4.69) is 74.7 Å². The van der Waals surface area contributed by atoms with Crippen molar-refractivity contribution in [3.63, 3.8) is 0 Å². The zero-order valence-corrected chi connectivity index (χ0v) is 13.4. The summed E-state index contributed by atoms with van der Waals surface area (Å²) in [5.41, 5.74) is 5.62. The third kappa shape index (κ3) is 1.51. The number of allylic oxidation sites excluding steroid dienone is 1. The van der Waals surface area contributed by atoms with Crippen molar-refractivity contribution in [2.75, 3.05) is 19.0 Å². The maximum atomic E-state index is 3.98. The molecule has 3 heteroatoms. The van der Waals surface area contributed by atoms with Crippen LogP contribution >= 0.6 is 0 Å². The maximum absolute atomic E-state index is 3.98. The SMILES string of the molecule is CCC1(CC)NC2N3C(=C[N+]2(C)C)C=Cc2cccc1c23. The number of hydrogen-bond acceptors (Lipinski definition) is 2. The van der Waals surface area contributed by atoms with Crippen LogP contribution in [0.2, 0.25) is 0 Å². The molecule has 3 nitrogen and oxygen atoms in total. The van der Waals surface area contributed by atoms with Gasteiger partial charge in [-0.25, -0.2) is 5.32 Å². The topological polar surface area (TPSA) is 15.3 Å². The summed E-state index contributed by atoms with van der Waals surface area (Å²) in [6.45, 7) is 4.60. The average molecular weight is 282 g/mol. The van der Waals surface area contributed by atoms with Gasteiger partial charge < -0.3 is 0 Å². The first-order chi connectivity index (χ1) is 10.0. The third-order valence-electron chi connectivity index (χ3n) is 5.49. The molecular weight excluding hydrogens is 258 g/mol. The van der Waals surface area contributed by atoms with Crippen molar-refractivity contribution < 1.29 is 4.48 Å². The van der Waals surface area contributed by atoms with Crippen LogP contribution in [0.15, 0.2) is 36.2 Å². The number of quaternary nitrogens is 1. The Morgan fingerprint density at radius 1 is 1.19 bits per heavy atom. The van der Waals surface area contributed by atoms with Gasteiger partial charge in [-0.2, -0.15) is 0 Å². The molecule has 1 unspecified atom stereocenters. The fourth-order valence-corrected chi connectivity index (χ4v) is 4.20. The highest BCUT2D eigenvalue weighted by Crippen LogP contribution is 2.49. The van der Waals surface area contributed by atoms with Crippen molar-refractivity contribution in [3.8, 4) is 0 Å². The van der Waals surface area contributed by atoms with Crippen molar-refractivity contribution in [2.24, 2.45) is 0 Å². The smallest absolute Gasteiger partial charge is 0.232 e. The number of nitrogens with one attached hydrogen (secondary N) is 1. The molecule has 21 heavy (non-hydrogen) atoms. The van der Waals surface area contributed by atoms with E-state index in [9.17, 15) is 0 Å². The van der Waals surface area contributed by atoms with Gasteiger partial charge >= 0.3 is 0 Å². The number of hydrogen-bond donors (Lipinski definition) is 1.